The molecule has 0 saturated heterocycles. The highest BCUT2D eigenvalue weighted by Crippen LogP contribution is 2.43. The second kappa shape index (κ2) is 9.80. The van der Waals surface area contributed by atoms with Crippen molar-refractivity contribution in [3.05, 3.63) is 61.2 Å². The number of carbonyl (C=O) groups excluding carboxylic acids is 1. The van der Waals surface area contributed by atoms with E-state index in [1.807, 2.05) is 0 Å². The maximum atomic E-state index is 15.2. The average Bonchev–Trinajstić information content (AvgIpc) is 3.38. The van der Waals surface area contributed by atoms with E-state index in [1.165, 1.54) is 22.1 Å². The van der Waals surface area contributed by atoms with E-state index >= 15 is 4.39 Å². The van der Waals surface area contributed by atoms with Gasteiger partial charge in [0.1, 0.15) is 6.33 Å². The molecule has 3 aromatic rings. The minimum Gasteiger partial charge on any atom is -0.396 e. The van der Waals surface area contributed by atoms with Gasteiger partial charge in [-0.25, -0.2) is 19.3 Å². The number of hydrogen-bond donors (Lipinski definition) is 2. The zero-order valence-corrected chi connectivity index (χ0v) is 18.3. The number of amides is 1. The highest BCUT2D eigenvalue weighted by molar-refractivity contribution is 7.32. The molecule has 0 radical (unpaired) electrons. The second-order valence-electron chi connectivity index (χ2n) is 7.59. The fourth-order valence-corrected chi connectivity index (χ4v) is 4.65. The van der Waals surface area contributed by atoms with Crippen LogP contribution in [0.3, 0.4) is 0 Å². The van der Waals surface area contributed by atoms with Gasteiger partial charge in [0, 0.05) is 29.2 Å². The quantitative estimate of drug-likeness (QED) is 0.376. The first-order valence-corrected chi connectivity index (χ1v) is 11.3. The third-order valence-electron chi connectivity index (χ3n) is 5.67. The maximum absolute atomic E-state index is 15.2. The largest absolute Gasteiger partial charge is 0.695 e. The van der Waals surface area contributed by atoms with E-state index in [9.17, 15) is 14.5 Å². The first-order chi connectivity index (χ1) is 16.0. The lowest BCUT2D eigenvalue weighted by atomic mass is 10.1. The molecule has 1 fully saturated rings. The van der Waals surface area contributed by atoms with Crippen molar-refractivity contribution in [1.29, 1.82) is 0 Å². The summed E-state index contributed by atoms with van der Waals surface area (Å²) in [4.78, 5) is 36.5. The molecule has 2 heterocycles. The Hall–Kier alpha value is -3.11. The van der Waals surface area contributed by atoms with Gasteiger partial charge in [-0.3, -0.25) is 9.69 Å². The first-order valence-electron chi connectivity index (χ1n) is 10.2. The lowest BCUT2D eigenvalue weighted by molar-refractivity contribution is 0.0568. The van der Waals surface area contributed by atoms with Crippen molar-refractivity contribution in [3.8, 4) is 0 Å². The number of rotatable bonds is 8. The van der Waals surface area contributed by atoms with Crippen LogP contribution in [0.1, 0.15) is 22.8 Å². The number of aliphatic hydroxyl groups excluding tert-OH is 1. The van der Waals surface area contributed by atoms with Gasteiger partial charge in [-0.2, -0.15) is 0 Å². The molecule has 10 nitrogen and oxygen atoms in total. The first kappa shape index (κ1) is 23.1. The number of nitrogens with zero attached hydrogens (tertiary/aromatic N) is 5. The molecule has 33 heavy (non-hydrogen) atoms. The van der Waals surface area contributed by atoms with Gasteiger partial charge in [-0.1, -0.05) is 24.3 Å². The number of aromatic nitrogens is 4. The molecule has 0 aliphatic heterocycles. The molecule has 12 heteroatoms. The number of anilines is 1. The Morgan fingerprint density at radius 2 is 2.09 bits per heavy atom. The molecule has 2 N–H and O–H groups in total. The molecule has 1 aliphatic carbocycles. The van der Waals surface area contributed by atoms with Gasteiger partial charge in [-0.15, -0.1) is 16.0 Å². The molecular formula is C21H22FN5O5P+. The number of fused-ring (bicyclic) bond motifs is 1. The van der Waals surface area contributed by atoms with Crippen LogP contribution in [0.5, 0.6) is 0 Å². The summed E-state index contributed by atoms with van der Waals surface area (Å²) < 4.78 is 32.7. The van der Waals surface area contributed by atoms with Gasteiger partial charge < -0.3 is 9.67 Å². The molecule has 1 aromatic carbocycles. The molecule has 0 bridgehead atoms. The smallest absolute Gasteiger partial charge is 0.396 e. The van der Waals surface area contributed by atoms with Gasteiger partial charge in [0.05, 0.1) is 12.4 Å². The molecule has 1 unspecified atom stereocenters. The van der Waals surface area contributed by atoms with Crippen molar-refractivity contribution in [2.45, 2.75) is 24.7 Å². The molecule has 2 aromatic heterocycles. The number of benzene rings is 1. The van der Waals surface area contributed by atoms with Crippen molar-refractivity contribution in [3.63, 3.8) is 0 Å². The number of alkyl halides is 1. The number of carbonyl (C=O) groups is 1. The fraction of sp³-hybridized carbons (Fsp3) is 0.333. The number of imidazole rings is 1. The van der Waals surface area contributed by atoms with E-state index in [2.05, 4.69) is 21.5 Å². The highest BCUT2D eigenvalue weighted by Gasteiger charge is 2.50. The predicted octanol–water partition coefficient (Wildman–Crippen LogP) is 2.59. The van der Waals surface area contributed by atoms with Crippen molar-refractivity contribution < 1.29 is 28.3 Å². The molecule has 4 rings (SSSR count). The highest BCUT2D eigenvalue weighted by atomic mass is 31.1. The Morgan fingerprint density at radius 3 is 2.76 bits per heavy atom. The monoisotopic (exact) mass is 474 g/mol. The van der Waals surface area contributed by atoms with Crippen LogP contribution >= 0.6 is 8.25 Å². The van der Waals surface area contributed by atoms with Crippen molar-refractivity contribution in [1.82, 2.24) is 19.5 Å². The fourth-order valence-electron chi connectivity index (χ4n) is 4.16. The minimum absolute atomic E-state index is 0.148. The molecule has 1 aliphatic rings. The van der Waals surface area contributed by atoms with Gasteiger partial charge in [0.25, 0.3) is 5.91 Å². The van der Waals surface area contributed by atoms with Crippen molar-refractivity contribution in [2.24, 2.45) is 5.92 Å². The van der Waals surface area contributed by atoms with Crippen LogP contribution in [0.25, 0.3) is 11.2 Å². The lowest BCUT2D eigenvalue weighted by Crippen LogP contribution is -2.32. The standard InChI is InChI=1S/C21H21FN5O5P/c1-2-8-26(21(29)13-6-4-3-5-7-13)19-17-20(24-11-23-19)27(12-25-17)15-9-14(10-28)18(16(15)22)32-33(30)31/h2-7,11-12,14-16,18,28H,1,8-10H2/p+1/t14-,15-,16+,18-/m1/s1. The van der Waals surface area contributed by atoms with E-state index in [4.69, 9.17) is 9.42 Å². The predicted molar refractivity (Wildman–Crippen MR) is 117 cm³/mol. The summed E-state index contributed by atoms with van der Waals surface area (Å²) in [6, 6.07) is 7.83. The Morgan fingerprint density at radius 1 is 1.33 bits per heavy atom. The van der Waals surface area contributed by atoms with Crippen LogP contribution in [0.2, 0.25) is 0 Å². The van der Waals surface area contributed by atoms with E-state index in [1.54, 1.807) is 36.4 Å². The molecule has 5 atom stereocenters. The van der Waals surface area contributed by atoms with Crippen molar-refractivity contribution in [2.75, 3.05) is 18.1 Å². The number of aliphatic hydroxyl groups is 1. The van der Waals surface area contributed by atoms with Gasteiger partial charge >= 0.3 is 8.25 Å². The van der Waals surface area contributed by atoms with Crippen LogP contribution in [-0.4, -0.2) is 60.9 Å². The zero-order chi connectivity index (χ0) is 23.5. The molecule has 1 amide bonds. The summed E-state index contributed by atoms with van der Waals surface area (Å²) in [7, 11) is -3.03. The van der Waals surface area contributed by atoms with Crippen molar-refractivity contribution >= 4 is 31.1 Å². The Kier molecular flexibility index (Phi) is 6.85. The SMILES string of the molecule is C=CCN(C(=O)c1ccccc1)c1ncnc2c1ncn2[C@@H]1C[C@H](CO)[C@@H](O[P+](=O)O)[C@H]1F. The summed E-state index contributed by atoms with van der Waals surface area (Å²) in [6.07, 6.45) is 1.42. The van der Waals surface area contributed by atoms with Crippen LogP contribution in [-0.2, 0) is 9.09 Å². The van der Waals surface area contributed by atoms with Crippen LogP contribution in [0.4, 0.5) is 10.2 Å². The third kappa shape index (κ3) is 4.40. The normalized spacial score (nSPS) is 22.9. The minimum atomic E-state index is -3.03. The Bertz CT molecular complexity index is 1180. The topological polar surface area (TPSA) is 131 Å². The molecule has 0 spiro atoms. The number of halogens is 1. The maximum Gasteiger partial charge on any atom is 0.695 e. The van der Waals surface area contributed by atoms with Gasteiger partial charge in [0.15, 0.2) is 29.3 Å². The van der Waals surface area contributed by atoms with E-state index in [0.717, 1.165) is 0 Å². The van der Waals surface area contributed by atoms with E-state index < -0.39 is 39.1 Å². The summed E-state index contributed by atoms with van der Waals surface area (Å²) in [5.74, 6) is -0.743. The summed E-state index contributed by atoms with van der Waals surface area (Å²) >= 11 is 0. The molecular weight excluding hydrogens is 452 g/mol. The Labute approximate surface area is 189 Å². The average molecular weight is 474 g/mol. The van der Waals surface area contributed by atoms with E-state index in [-0.39, 0.29) is 35.9 Å². The lowest BCUT2D eigenvalue weighted by Gasteiger charge is -2.21. The van der Waals surface area contributed by atoms with Gasteiger partial charge in [-0.05, 0) is 18.6 Å². The summed E-state index contributed by atoms with van der Waals surface area (Å²) in [5, 5.41) is 9.61. The summed E-state index contributed by atoms with van der Waals surface area (Å²) in [5.41, 5.74) is 1.02. The molecule has 172 valence electrons. The van der Waals surface area contributed by atoms with Gasteiger partial charge in [0.2, 0.25) is 0 Å². The number of hydrogen-bond acceptors (Lipinski definition) is 7. The molecule has 1 saturated carbocycles. The van der Waals surface area contributed by atoms with E-state index in [0.29, 0.717) is 5.56 Å². The van der Waals surface area contributed by atoms with Crippen LogP contribution in [0, 0.1) is 5.92 Å². The summed E-state index contributed by atoms with van der Waals surface area (Å²) in [6.45, 7) is 3.47. The third-order valence-corrected chi connectivity index (χ3v) is 6.09. The second-order valence-corrected chi connectivity index (χ2v) is 8.28. The zero-order valence-electron chi connectivity index (χ0n) is 17.4. The van der Waals surface area contributed by atoms with Crippen LogP contribution < -0.4 is 4.90 Å². The van der Waals surface area contributed by atoms with Crippen LogP contribution in [0.15, 0.2) is 55.6 Å². The Balaban J connectivity index is 1.73.